The van der Waals surface area contributed by atoms with E-state index in [0.717, 1.165) is 22.7 Å². The van der Waals surface area contributed by atoms with Crippen molar-refractivity contribution in [2.75, 3.05) is 5.32 Å². The summed E-state index contributed by atoms with van der Waals surface area (Å²) in [6.45, 7) is 0. The van der Waals surface area contributed by atoms with Gasteiger partial charge in [0.15, 0.2) is 6.23 Å². The average molecular weight is 608 g/mol. The standard InChI is InChI=1S/C43H33N3O/c1-4-10-29(11-5-1)37-27-38(30-12-6-2-7-13-30)45-42(44-37)32-19-16-28(17-20-32)34-22-24-36-35(26-34)21-18-31-23-25-39-41(40(31)36)46-43(47-39)33-14-8-3-9-15-33/h1-27,37,42-46H. The second kappa shape index (κ2) is 11.5. The van der Waals surface area contributed by atoms with Crippen LogP contribution < -0.4 is 20.7 Å². The van der Waals surface area contributed by atoms with Crippen molar-refractivity contribution in [3.05, 3.63) is 186 Å². The van der Waals surface area contributed by atoms with Gasteiger partial charge in [0, 0.05) is 16.6 Å². The molecule has 47 heavy (non-hydrogen) atoms. The third-order valence-corrected chi connectivity index (χ3v) is 9.39. The van der Waals surface area contributed by atoms with Crippen LogP contribution in [0.5, 0.6) is 5.75 Å². The third kappa shape index (κ3) is 5.09. The van der Waals surface area contributed by atoms with Gasteiger partial charge in [0.25, 0.3) is 0 Å². The molecule has 0 aliphatic carbocycles. The molecule has 3 unspecified atom stereocenters. The van der Waals surface area contributed by atoms with E-state index in [2.05, 4.69) is 162 Å². The fourth-order valence-electron chi connectivity index (χ4n) is 6.96. The Labute approximate surface area is 274 Å². The van der Waals surface area contributed by atoms with Crippen LogP contribution in [-0.4, -0.2) is 0 Å². The van der Waals surface area contributed by atoms with Crippen molar-refractivity contribution >= 4 is 32.9 Å². The van der Waals surface area contributed by atoms with E-state index in [9.17, 15) is 0 Å². The number of hydrogen-bond acceptors (Lipinski definition) is 4. The molecule has 0 bridgehead atoms. The van der Waals surface area contributed by atoms with Crippen LogP contribution in [-0.2, 0) is 0 Å². The van der Waals surface area contributed by atoms with Crippen LogP contribution in [0.15, 0.2) is 164 Å². The zero-order valence-electron chi connectivity index (χ0n) is 25.7. The van der Waals surface area contributed by atoms with Crippen molar-refractivity contribution in [2.24, 2.45) is 0 Å². The van der Waals surface area contributed by atoms with Gasteiger partial charge in [0.05, 0.1) is 11.7 Å². The first-order chi connectivity index (χ1) is 23.3. The van der Waals surface area contributed by atoms with Crippen LogP contribution in [0.1, 0.15) is 40.7 Å². The van der Waals surface area contributed by atoms with Crippen molar-refractivity contribution in [1.29, 1.82) is 0 Å². The molecule has 226 valence electrons. The number of benzene rings is 7. The monoisotopic (exact) mass is 607 g/mol. The van der Waals surface area contributed by atoms with Crippen molar-refractivity contribution < 1.29 is 4.74 Å². The molecule has 0 fully saturated rings. The maximum Gasteiger partial charge on any atom is 0.196 e. The SMILES string of the molecule is C1=C(c2ccccc2)NC(c2ccc(-c3ccc4c(ccc5ccc6c(c54)NC(c4ccccc4)O6)c3)cc2)NC1c1ccccc1. The molecule has 9 rings (SSSR count). The molecular weight excluding hydrogens is 574 g/mol. The molecule has 0 aromatic heterocycles. The van der Waals surface area contributed by atoms with Gasteiger partial charge in [-0.2, -0.15) is 0 Å². The topological polar surface area (TPSA) is 45.3 Å². The summed E-state index contributed by atoms with van der Waals surface area (Å²) in [6, 6.07) is 56.0. The minimum absolute atomic E-state index is 0.0334. The maximum atomic E-state index is 6.34. The minimum Gasteiger partial charge on any atom is -0.464 e. The van der Waals surface area contributed by atoms with E-state index < -0.39 is 0 Å². The van der Waals surface area contributed by atoms with Crippen LogP contribution in [0.25, 0.3) is 38.4 Å². The summed E-state index contributed by atoms with van der Waals surface area (Å²) in [6.07, 6.45) is 2.06. The normalized spacial score (nSPS) is 18.6. The molecule has 3 atom stereocenters. The predicted octanol–water partition coefficient (Wildman–Crippen LogP) is 10.1. The van der Waals surface area contributed by atoms with E-state index in [-0.39, 0.29) is 18.4 Å². The lowest BCUT2D eigenvalue weighted by Gasteiger charge is -2.33. The number of ether oxygens (including phenoxy) is 1. The summed E-state index contributed by atoms with van der Waals surface area (Å²) in [5, 5.41) is 16.0. The summed E-state index contributed by atoms with van der Waals surface area (Å²) < 4.78 is 6.34. The van der Waals surface area contributed by atoms with Gasteiger partial charge in [0.2, 0.25) is 0 Å². The zero-order valence-corrected chi connectivity index (χ0v) is 25.7. The lowest BCUT2D eigenvalue weighted by molar-refractivity contribution is 0.260. The van der Waals surface area contributed by atoms with Gasteiger partial charge in [-0.3, -0.25) is 5.32 Å². The van der Waals surface area contributed by atoms with Crippen LogP contribution in [0.4, 0.5) is 5.69 Å². The molecule has 0 spiro atoms. The first kappa shape index (κ1) is 27.5. The molecule has 7 aromatic carbocycles. The molecule has 4 nitrogen and oxygen atoms in total. The molecule has 2 heterocycles. The van der Waals surface area contributed by atoms with E-state index in [4.69, 9.17) is 4.74 Å². The lowest BCUT2D eigenvalue weighted by atomic mass is 9.95. The van der Waals surface area contributed by atoms with Gasteiger partial charge in [-0.15, -0.1) is 0 Å². The molecule has 2 aliphatic rings. The molecule has 4 heteroatoms. The Hall–Kier alpha value is -5.84. The predicted molar refractivity (Wildman–Crippen MR) is 193 cm³/mol. The fourth-order valence-corrected chi connectivity index (χ4v) is 6.96. The highest BCUT2D eigenvalue weighted by molar-refractivity contribution is 6.15. The van der Waals surface area contributed by atoms with E-state index >= 15 is 0 Å². The molecule has 7 aromatic rings. The zero-order chi connectivity index (χ0) is 31.2. The molecule has 0 radical (unpaired) electrons. The van der Waals surface area contributed by atoms with Gasteiger partial charge in [-0.05, 0) is 62.2 Å². The van der Waals surface area contributed by atoms with Crippen molar-refractivity contribution in [1.82, 2.24) is 10.6 Å². The van der Waals surface area contributed by atoms with Gasteiger partial charge >= 0.3 is 0 Å². The second-order valence-electron chi connectivity index (χ2n) is 12.3. The van der Waals surface area contributed by atoms with Crippen LogP contribution >= 0.6 is 0 Å². The lowest BCUT2D eigenvalue weighted by Crippen LogP contribution is -2.39. The Kier molecular flexibility index (Phi) is 6.72. The second-order valence-corrected chi connectivity index (χ2v) is 12.3. The van der Waals surface area contributed by atoms with Gasteiger partial charge in [0.1, 0.15) is 11.9 Å². The first-order valence-corrected chi connectivity index (χ1v) is 16.2. The Morgan fingerprint density at radius 3 is 1.91 bits per heavy atom. The van der Waals surface area contributed by atoms with Crippen LogP contribution in [0, 0.1) is 0 Å². The van der Waals surface area contributed by atoms with E-state index in [1.807, 2.05) is 18.2 Å². The summed E-state index contributed by atoms with van der Waals surface area (Å²) in [5.41, 5.74) is 9.31. The van der Waals surface area contributed by atoms with Gasteiger partial charge < -0.3 is 15.4 Å². The summed E-state index contributed by atoms with van der Waals surface area (Å²) in [5.74, 6) is 0.892. The Morgan fingerprint density at radius 2 is 1.15 bits per heavy atom. The van der Waals surface area contributed by atoms with E-state index in [0.29, 0.717) is 0 Å². The Morgan fingerprint density at radius 1 is 0.489 bits per heavy atom. The number of anilines is 1. The molecule has 0 saturated heterocycles. The van der Waals surface area contributed by atoms with Crippen molar-refractivity contribution in [2.45, 2.75) is 18.4 Å². The van der Waals surface area contributed by atoms with Crippen molar-refractivity contribution in [3.8, 4) is 16.9 Å². The summed E-state index contributed by atoms with van der Waals surface area (Å²) in [4.78, 5) is 0. The van der Waals surface area contributed by atoms with Gasteiger partial charge in [-0.1, -0.05) is 146 Å². The molecule has 0 amide bonds. The van der Waals surface area contributed by atoms with E-state index in [1.165, 1.54) is 49.4 Å². The van der Waals surface area contributed by atoms with Crippen molar-refractivity contribution in [3.63, 3.8) is 0 Å². The number of nitrogens with one attached hydrogen (secondary N) is 3. The Bertz CT molecular complexity index is 2250. The number of hydrogen-bond donors (Lipinski definition) is 3. The average Bonchev–Trinajstić information content (AvgIpc) is 3.60. The summed E-state index contributed by atoms with van der Waals surface area (Å²) >= 11 is 0. The maximum absolute atomic E-state index is 6.34. The van der Waals surface area contributed by atoms with Gasteiger partial charge in [-0.25, -0.2) is 0 Å². The molecular formula is C43H33N3O. The minimum atomic E-state index is -0.194. The highest BCUT2D eigenvalue weighted by atomic mass is 16.5. The largest absolute Gasteiger partial charge is 0.464 e. The highest BCUT2D eigenvalue weighted by Crippen LogP contribution is 2.45. The Balaban J connectivity index is 1.02. The molecule has 2 aliphatic heterocycles. The third-order valence-electron chi connectivity index (χ3n) is 9.39. The molecule has 0 saturated carbocycles. The number of fused-ring (bicyclic) bond motifs is 5. The molecule has 3 N–H and O–H groups in total. The van der Waals surface area contributed by atoms with E-state index in [1.54, 1.807) is 0 Å². The first-order valence-electron chi connectivity index (χ1n) is 16.2. The quantitative estimate of drug-likeness (QED) is 0.170. The van der Waals surface area contributed by atoms with Crippen LogP contribution in [0.3, 0.4) is 0 Å². The summed E-state index contributed by atoms with van der Waals surface area (Å²) in [7, 11) is 0. The smallest absolute Gasteiger partial charge is 0.196 e. The number of rotatable bonds is 5. The fraction of sp³-hybridized carbons (Fsp3) is 0.0698. The van der Waals surface area contributed by atoms with Crippen LogP contribution in [0.2, 0.25) is 0 Å². The highest BCUT2D eigenvalue weighted by Gasteiger charge is 2.26.